The topological polar surface area (TPSA) is 131 Å². The second-order valence-corrected chi connectivity index (χ2v) is 12.3. The van der Waals surface area contributed by atoms with E-state index in [4.69, 9.17) is 0 Å². The van der Waals surface area contributed by atoms with Gasteiger partial charge in [0.05, 0.1) is 48.1 Å². The molecule has 12 heteroatoms. The Morgan fingerprint density at radius 2 is 0.962 bits per heavy atom. The molecule has 0 unspecified atom stereocenters. The Kier molecular flexibility index (Phi) is 12.8. The summed E-state index contributed by atoms with van der Waals surface area (Å²) in [5.41, 5.74) is 13.8. The van der Waals surface area contributed by atoms with Crippen LogP contribution < -0.4 is 0 Å². The molecular weight excluding hydrogens is 661 g/mol. The van der Waals surface area contributed by atoms with Crippen molar-refractivity contribution >= 4 is 0 Å². The van der Waals surface area contributed by atoms with E-state index in [1.54, 1.807) is 46.8 Å². The molecule has 0 spiro atoms. The highest BCUT2D eigenvalue weighted by atomic mass is 15.5. The third-order valence-corrected chi connectivity index (χ3v) is 7.97. The van der Waals surface area contributed by atoms with E-state index in [2.05, 4.69) is 82.7 Å². The first-order valence-corrected chi connectivity index (χ1v) is 17.1. The van der Waals surface area contributed by atoms with Crippen LogP contribution >= 0.6 is 0 Å². The van der Waals surface area contributed by atoms with Crippen LogP contribution in [-0.4, -0.2) is 59.7 Å². The molecule has 8 aromatic rings. The summed E-state index contributed by atoms with van der Waals surface area (Å²) >= 11 is 0. The highest BCUT2D eigenvalue weighted by Gasteiger charge is 2.05. The van der Waals surface area contributed by atoms with Gasteiger partial charge in [-0.25, -0.2) is 4.68 Å². The van der Waals surface area contributed by atoms with Crippen molar-refractivity contribution in [2.24, 2.45) is 0 Å². The van der Waals surface area contributed by atoms with Gasteiger partial charge in [0, 0.05) is 46.9 Å². The van der Waals surface area contributed by atoms with E-state index in [9.17, 15) is 0 Å². The summed E-state index contributed by atoms with van der Waals surface area (Å²) in [6, 6.07) is 24.3. The molecule has 7 aromatic heterocycles. The minimum Gasteiger partial charge on any atom is -0.261 e. The van der Waals surface area contributed by atoms with E-state index in [1.165, 1.54) is 16.7 Å². The third-order valence-electron chi connectivity index (χ3n) is 7.97. The summed E-state index contributed by atoms with van der Waals surface area (Å²) < 4.78 is 1.82. The molecule has 0 bridgehead atoms. The number of benzene rings is 1. The highest BCUT2D eigenvalue weighted by Crippen LogP contribution is 2.22. The van der Waals surface area contributed by atoms with E-state index < -0.39 is 0 Å². The largest absolute Gasteiger partial charge is 0.261 e. The van der Waals surface area contributed by atoms with Gasteiger partial charge in [0.2, 0.25) is 0 Å². The fourth-order valence-electron chi connectivity index (χ4n) is 5.42. The molecule has 0 saturated heterocycles. The number of pyridine rings is 4. The first kappa shape index (κ1) is 37.6. The van der Waals surface area contributed by atoms with Gasteiger partial charge in [-0.05, 0) is 115 Å². The van der Waals surface area contributed by atoms with Crippen LogP contribution in [0.2, 0.25) is 0 Å². The van der Waals surface area contributed by atoms with Crippen LogP contribution in [0.1, 0.15) is 45.3 Å². The predicted octanol–water partition coefficient (Wildman–Crippen LogP) is 7.81. The number of nitrogens with zero attached hydrogens (tertiary/aromatic N) is 12. The summed E-state index contributed by atoms with van der Waals surface area (Å²) in [5, 5.41) is 20.3. The summed E-state index contributed by atoms with van der Waals surface area (Å²) in [6.45, 7) is 16.0. The Hall–Kier alpha value is -6.69. The molecule has 12 nitrogen and oxygen atoms in total. The summed E-state index contributed by atoms with van der Waals surface area (Å²) in [6.07, 6.45) is 14.0. The van der Waals surface area contributed by atoms with Gasteiger partial charge in [-0.1, -0.05) is 30.3 Å². The van der Waals surface area contributed by atoms with E-state index in [1.807, 2.05) is 108 Å². The average molecular weight is 705 g/mol. The standard InChI is InChI=1S/C13H13N.C10H11N3.2C9H10N4/c1-10-8-11(2)14-9-13(10)12-6-4-3-5-7-12;1-8-4-5-10(9(2)12-8)13-7-3-6-11-13;1-7-5-8(2)10-6-9(7)13-11-3-4-12-13;1-7-3-4-9(8(2)12-7)13-10-5-6-11-13/h3-9H,1-2H3;3-7H,1-2H3;2*3-6H,1-2H3. The van der Waals surface area contributed by atoms with Crippen LogP contribution in [0.5, 0.6) is 0 Å². The normalized spacial score (nSPS) is 10.3. The number of hydrogen-bond acceptors (Lipinski definition) is 9. The molecule has 53 heavy (non-hydrogen) atoms. The number of hydrogen-bond donors (Lipinski definition) is 0. The summed E-state index contributed by atoms with van der Waals surface area (Å²) in [5.74, 6) is 0. The van der Waals surface area contributed by atoms with Crippen molar-refractivity contribution in [3.05, 3.63) is 168 Å². The van der Waals surface area contributed by atoms with E-state index >= 15 is 0 Å². The monoisotopic (exact) mass is 704 g/mol. The Morgan fingerprint density at radius 1 is 0.434 bits per heavy atom. The maximum atomic E-state index is 4.37. The van der Waals surface area contributed by atoms with Crippen molar-refractivity contribution in [1.29, 1.82) is 0 Å². The van der Waals surface area contributed by atoms with Gasteiger partial charge < -0.3 is 0 Å². The zero-order valence-electron chi connectivity index (χ0n) is 31.4. The lowest BCUT2D eigenvalue weighted by Gasteiger charge is -2.05. The van der Waals surface area contributed by atoms with Crippen LogP contribution in [-0.2, 0) is 0 Å². The molecule has 0 atom stereocenters. The summed E-state index contributed by atoms with van der Waals surface area (Å²) in [4.78, 5) is 20.4. The van der Waals surface area contributed by atoms with Crippen LogP contribution in [0, 0.1) is 55.4 Å². The molecule has 0 fully saturated rings. The zero-order chi connectivity index (χ0) is 37.7. The minimum atomic E-state index is 0.926. The molecule has 0 amide bonds. The molecule has 0 aliphatic carbocycles. The predicted molar refractivity (Wildman–Crippen MR) is 207 cm³/mol. The molecule has 7 heterocycles. The van der Waals surface area contributed by atoms with Gasteiger partial charge in [-0.3, -0.25) is 19.9 Å². The number of aromatic nitrogens is 12. The molecule has 0 aliphatic heterocycles. The van der Waals surface area contributed by atoms with E-state index in [0.717, 1.165) is 56.8 Å². The molecule has 0 N–H and O–H groups in total. The Morgan fingerprint density at radius 3 is 1.47 bits per heavy atom. The molecular formula is C41H44N12. The second kappa shape index (κ2) is 18.0. The lowest BCUT2D eigenvalue weighted by atomic mass is 10.0. The van der Waals surface area contributed by atoms with Gasteiger partial charge in [0.15, 0.2) is 0 Å². The maximum absolute atomic E-state index is 4.37. The van der Waals surface area contributed by atoms with Crippen LogP contribution in [0.25, 0.3) is 28.2 Å². The van der Waals surface area contributed by atoms with Crippen molar-refractivity contribution in [1.82, 2.24) is 59.7 Å². The van der Waals surface area contributed by atoms with E-state index in [0.29, 0.717) is 0 Å². The zero-order valence-corrected chi connectivity index (χ0v) is 31.4. The van der Waals surface area contributed by atoms with Crippen molar-refractivity contribution in [3.8, 4) is 28.2 Å². The van der Waals surface area contributed by atoms with Gasteiger partial charge in [0.1, 0.15) is 11.4 Å². The van der Waals surface area contributed by atoms with Gasteiger partial charge in [-0.2, -0.15) is 25.5 Å². The Bertz CT molecular complexity index is 2120. The lowest BCUT2D eigenvalue weighted by molar-refractivity contribution is 0.740. The van der Waals surface area contributed by atoms with Crippen molar-refractivity contribution in [2.45, 2.75) is 55.4 Å². The lowest BCUT2D eigenvalue weighted by Crippen LogP contribution is -2.02. The fraction of sp³-hybridized carbons (Fsp3) is 0.195. The first-order chi connectivity index (χ1) is 25.6. The molecule has 0 aliphatic rings. The van der Waals surface area contributed by atoms with Crippen molar-refractivity contribution in [3.63, 3.8) is 0 Å². The Labute approximate surface area is 310 Å². The van der Waals surface area contributed by atoms with Crippen LogP contribution in [0.4, 0.5) is 0 Å². The maximum Gasteiger partial charge on any atom is 0.107 e. The van der Waals surface area contributed by atoms with Crippen LogP contribution in [0.15, 0.2) is 122 Å². The highest BCUT2D eigenvalue weighted by molar-refractivity contribution is 5.66. The molecule has 0 radical (unpaired) electrons. The number of rotatable bonds is 4. The summed E-state index contributed by atoms with van der Waals surface area (Å²) in [7, 11) is 0. The molecule has 0 saturated carbocycles. The van der Waals surface area contributed by atoms with Crippen LogP contribution in [0.3, 0.4) is 0 Å². The quantitative estimate of drug-likeness (QED) is 0.180. The first-order valence-electron chi connectivity index (χ1n) is 17.1. The van der Waals surface area contributed by atoms with Crippen molar-refractivity contribution < 1.29 is 0 Å². The fourth-order valence-corrected chi connectivity index (χ4v) is 5.42. The van der Waals surface area contributed by atoms with E-state index in [-0.39, 0.29) is 0 Å². The third kappa shape index (κ3) is 10.4. The van der Waals surface area contributed by atoms with Gasteiger partial charge >= 0.3 is 0 Å². The van der Waals surface area contributed by atoms with Crippen molar-refractivity contribution in [2.75, 3.05) is 0 Å². The van der Waals surface area contributed by atoms with Gasteiger partial charge in [0.25, 0.3) is 0 Å². The molecule has 1 aromatic carbocycles. The molecule has 8 rings (SSSR count). The Balaban J connectivity index is 0.000000136. The smallest absolute Gasteiger partial charge is 0.107 e. The second-order valence-electron chi connectivity index (χ2n) is 12.3. The SMILES string of the molecule is Cc1cc(C)c(-c2ccccc2)cn1.Cc1cc(C)c(-n2nccn2)cn1.Cc1ccc(-n2cccn2)c(C)n1.Cc1ccc(-n2nccn2)c(C)n1. The minimum absolute atomic E-state index is 0.926. The van der Waals surface area contributed by atoms with Gasteiger partial charge in [-0.15, -0.1) is 9.59 Å². The molecule has 268 valence electrons. The average Bonchev–Trinajstić information content (AvgIpc) is 3.95. The number of aryl methyl sites for hydroxylation is 8.